The molecule has 0 aliphatic carbocycles. The summed E-state index contributed by atoms with van der Waals surface area (Å²) >= 11 is 0. The van der Waals surface area contributed by atoms with Crippen LogP contribution in [0, 0.1) is 11.8 Å². The molecule has 4 heterocycles. The van der Waals surface area contributed by atoms with Gasteiger partial charge < -0.3 is 67.8 Å². The number of esters is 3. The molecule has 70 heavy (non-hydrogen) atoms. The van der Waals surface area contributed by atoms with E-state index in [2.05, 4.69) is 4.98 Å². The van der Waals surface area contributed by atoms with Gasteiger partial charge in [0.15, 0.2) is 18.7 Å². The number of para-hydroxylation sites is 1. The first kappa shape index (κ1) is 57.0. The normalized spacial score (nSPS) is 35.6. The van der Waals surface area contributed by atoms with E-state index >= 15 is 0 Å². The van der Waals surface area contributed by atoms with E-state index in [1.165, 1.54) is 7.11 Å². The summed E-state index contributed by atoms with van der Waals surface area (Å²) in [7, 11) is 6.83. The van der Waals surface area contributed by atoms with Crippen molar-refractivity contribution < 1.29 is 72.4 Å². The van der Waals surface area contributed by atoms with Crippen LogP contribution >= 0.6 is 0 Å². The van der Waals surface area contributed by atoms with Gasteiger partial charge in [-0.15, -0.1) is 0 Å². The van der Waals surface area contributed by atoms with E-state index in [1.807, 2.05) is 61.4 Å². The minimum Gasteiger partial charge on any atom is -0.462 e. The number of likely N-dealkylation sites (N-methyl/N-ethyl adjacent to an activating group) is 2. The van der Waals surface area contributed by atoms with Crippen LogP contribution in [0.15, 0.2) is 42.6 Å². The van der Waals surface area contributed by atoms with E-state index in [0.29, 0.717) is 32.4 Å². The van der Waals surface area contributed by atoms with Gasteiger partial charge in [0, 0.05) is 57.3 Å². The topological polar surface area (TPSA) is 222 Å². The van der Waals surface area contributed by atoms with Crippen LogP contribution in [0.1, 0.15) is 105 Å². The number of nitrogens with zero attached hydrogens (tertiary/aromatic N) is 3. The Morgan fingerprint density at radius 3 is 2.36 bits per heavy atom. The fraction of sp³-hybridized carbons (Fsp3) is 0.712. The highest BCUT2D eigenvalue weighted by molar-refractivity contribution is 5.87. The number of benzene rings is 1. The van der Waals surface area contributed by atoms with Crippen LogP contribution in [0.2, 0.25) is 0 Å². The molecule has 3 aliphatic heterocycles. The summed E-state index contributed by atoms with van der Waals surface area (Å²) < 4.78 is 49.9. The number of methoxy groups -OCH3 is 1. The minimum atomic E-state index is -1.50. The van der Waals surface area contributed by atoms with Crippen LogP contribution in [0.3, 0.4) is 0 Å². The van der Waals surface area contributed by atoms with Crippen LogP contribution in [0.4, 0.5) is 0 Å². The maximum Gasteiger partial charge on any atom is 0.309 e. The molecule has 5 unspecified atom stereocenters. The van der Waals surface area contributed by atoms with Gasteiger partial charge in [-0.1, -0.05) is 51.1 Å². The fourth-order valence-corrected chi connectivity index (χ4v) is 10.0. The number of aliphatic hydroxyl groups is 3. The number of cyclic esters (lactones) is 1. The smallest absolute Gasteiger partial charge is 0.309 e. The van der Waals surface area contributed by atoms with Crippen LogP contribution in [0.5, 0.6) is 0 Å². The van der Waals surface area contributed by atoms with Crippen molar-refractivity contribution in [1.29, 1.82) is 0 Å². The number of fused-ring (bicyclic) bond motifs is 1. The van der Waals surface area contributed by atoms with Crippen LogP contribution in [-0.4, -0.2) is 181 Å². The number of aldehydes is 1. The van der Waals surface area contributed by atoms with Crippen molar-refractivity contribution in [2.45, 2.75) is 185 Å². The lowest BCUT2D eigenvalue weighted by Gasteiger charge is -2.50. The number of ether oxygens (including phenoxy) is 8. The van der Waals surface area contributed by atoms with Gasteiger partial charge >= 0.3 is 17.9 Å². The number of aliphatic hydroxyl groups excluding tert-OH is 2. The predicted molar refractivity (Wildman–Crippen MR) is 259 cm³/mol. The second-order valence-corrected chi connectivity index (χ2v) is 19.8. The molecule has 392 valence electrons. The number of rotatable bonds is 15. The Morgan fingerprint density at radius 1 is 0.971 bits per heavy atom. The van der Waals surface area contributed by atoms with Crippen LogP contribution < -0.4 is 0 Å². The highest BCUT2D eigenvalue weighted by atomic mass is 16.7. The summed E-state index contributed by atoms with van der Waals surface area (Å²) in [6.45, 7) is 11.1. The first-order valence-corrected chi connectivity index (χ1v) is 24.9. The van der Waals surface area contributed by atoms with E-state index in [0.717, 1.165) is 22.8 Å². The number of carbonyl (C=O) groups excluding carboxylic acids is 4. The predicted octanol–water partition coefficient (Wildman–Crippen LogP) is 4.61. The van der Waals surface area contributed by atoms with Gasteiger partial charge in [-0.05, 0) is 97.3 Å². The Bertz CT molecular complexity index is 2010. The van der Waals surface area contributed by atoms with Crippen molar-refractivity contribution in [3.05, 3.63) is 48.2 Å². The Kier molecular flexibility index (Phi) is 21.7. The first-order chi connectivity index (χ1) is 33.3. The molecule has 3 saturated heterocycles. The van der Waals surface area contributed by atoms with Gasteiger partial charge in [-0.3, -0.25) is 19.4 Å². The average Bonchev–Trinajstić information content (AvgIpc) is 3.30. The highest BCUT2D eigenvalue weighted by Crippen LogP contribution is 2.38. The van der Waals surface area contributed by atoms with Crippen LogP contribution in [0.25, 0.3) is 17.0 Å². The first-order valence-electron chi connectivity index (χ1n) is 24.9. The molecule has 3 aliphatic rings. The highest BCUT2D eigenvalue weighted by Gasteiger charge is 2.53. The molecular weight excluding hydrogens is 907 g/mol. The van der Waals surface area contributed by atoms with Gasteiger partial charge in [0.2, 0.25) is 0 Å². The Balaban J connectivity index is 1.45. The summed E-state index contributed by atoms with van der Waals surface area (Å²) in [5.74, 6) is -2.81. The summed E-state index contributed by atoms with van der Waals surface area (Å²) in [5, 5.41) is 36.3. The Labute approximate surface area is 413 Å². The Morgan fingerprint density at radius 2 is 1.69 bits per heavy atom. The van der Waals surface area contributed by atoms with Crippen molar-refractivity contribution >= 4 is 41.2 Å². The third-order valence-corrected chi connectivity index (χ3v) is 13.8. The number of pyridine rings is 1. The second kappa shape index (κ2) is 26.7. The molecular formula is C52H79N3O15. The van der Waals surface area contributed by atoms with E-state index < -0.39 is 116 Å². The van der Waals surface area contributed by atoms with Gasteiger partial charge in [0.05, 0.1) is 42.4 Å². The van der Waals surface area contributed by atoms with Crippen molar-refractivity contribution in [3.63, 3.8) is 0 Å². The molecule has 0 spiro atoms. The van der Waals surface area contributed by atoms with Gasteiger partial charge in [-0.2, -0.15) is 0 Å². The molecule has 1 aromatic carbocycles. The minimum absolute atomic E-state index is 0.0174. The number of carbonyl (C=O) groups is 4. The number of hydrogen-bond donors (Lipinski definition) is 3. The summed E-state index contributed by atoms with van der Waals surface area (Å²) in [5.41, 5.74) is 0.319. The zero-order chi connectivity index (χ0) is 51.3. The van der Waals surface area contributed by atoms with Crippen LogP contribution in [-0.2, 0) is 57.1 Å². The molecule has 3 fully saturated rings. The van der Waals surface area contributed by atoms with E-state index in [-0.39, 0.29) is 38.0 Å². The maximum absolute atomic E-state index is 14.2. The van der Waals surface area contributed by atoms with Crippen molar-refractivity contribution in [1.82, 2.24) is 14.8 Å². The monoisotopic (exact) mass is 986 g/mol. The molecule has 5 rings (SSSR count). The van der Waals surface area contributed by atoms with Crippen molar-refractivity contribution in [2.75, 3.05) is 41.3 Å². The zero-order valence-electron chi connectivity index (χ0n) is 42.7. The van der Waals surface area contributed by atoms with Crippen molar-refractivity contribution in [2.24, 2.45) is 11.8 Å². The second-order valence-electron chi connectivity index (χ2n) is 19.8. The Hall–Kier alpha value is -3.95. The standard InChI is InChI=1S/C52H79N3O15/c1-11-41(58)67-40-28-43(60)66-36(18-15-17-34-22-24-53-38-21-14-13-20-37(34)38)19-16-25-55(9)30-39(57)31(3)27-35(23-26-56)48(49(40)63-10)70-51-46(61)45(54(7)8)47(32(4)65-51)69-44-29-52(6,62)50(33(5)64-44)68-42(59)12-2/h13-15,17,20-22,24,26,31-33,35-36,39-40,44-51,57,61-62H,11-12,16,18-19,23,25,27-30H2,1-10H3/t31-,32?,33?,35+,36-,39+,40-,44+,45?,46?,47-,48+,49+,50+,51+,52?/m1/s1. The van der Waals surface area contributed by atoms with E-state index in [1.54, 1.807) is 59.8 Å². The van der Waals surface area contributed by atoms with E-state index in [9.17, 15) is 34.5 Å². The zero-order valence-corrected chi connectivity index (χ0v) is 42.7. The van der Waals surface area contributed by atoms with Crippen molar-refractivity contribution in [3.8, 4) is 0 Å². The third kappa shape index (κ3) is 15.3. The summed E-state index contributed by atoms with van der Waals surface area (Å²) in [4.78, 5) is 60.4. The molecule has 3 N–H and O–H groups in total. The SMILES string of the molecule is CCC(=O)O[C@@H]1CC(=O)O[C@H](CC=Cc2ccnc3ccccc23)CCCN(C)C[C@H](O)[C@H](C)C[C@H](CC=O)[C@H](O[C@@H]2OC(C)[C@@H](O[C@H]3CC(C)(O)[C@@H](OC(=O)CC)C(C)O3)C(N(C)C)C2O)[C@H]1OC. The quantitative estimate of drug-likeness (QED) is 0.126. The van der Waals surface area contributed by atoms with Gasteiger partial charge in [0.1, 0.15) is 42.4 Å². The molecule has 0 bridgehead atoms. The molecule has 2 aromatic rings. The van der Waals surface area contributed by atoms with Gasteiger partial charge in [-0.25, -0.2) is 0 Å². The summed E-state index contributed by atoms with van der Waals surface area (Å²) in [6, 6.07) is 8.96. The van der Waals surface area contributed by atoms with E-state index in [4.69, 9.17) is 37.9 Å². The molecule has 0 radical (unpaired) electrons. The maximum atomic E-state index is 14.2. The molecule has 16 atom stereocenters. The summed E-state index contributed by atoms with van der Waals surface area (Å²) in [6.07, 6.45) is -4.30. The molecule has 0 amide bonds. The molecule has 18 heteroatoms. The number of β-amino-alcohol motifs (C(OH)–C–C–N with tert-alkyl or cyclic N) is 1. The fourth-order valence-electron chi connectivity index (χ4n) is 10.0. The molecule has 18 nitrogen and oxygen atoms in total. The lowest BCUT2D eigenvalue weighted by molar-refractivity contribution is -0.344. The lowest BCUT2D eigenvalue weighted by atomic mass is 9.82. The lowest BCUT2D eigenvalue weighted by Crippen LogP contribution is -2.66. The molecule has 0 saturated carbocycles. The largest absolute Gasteiger partial charge is 0.462 e. The number of aromatic nitrogens is 1. The average molecular weight is 986 g/mol. The number of hydrogen-bond acceptors (Lipinski definition) is 18. The third-order valence-electron chi connectivity index (χ3n) is 13.8. The molecule has 1 aromatic heterocycles. The van der Waals surface area contributed by atoms with Gasteiger partial charge in [0.25, 0.3) is 0 Å².